The normalized spacial score (nSPS) is 10.5. The fraction of sp³-hybridized carbons (Fsp3) is 0.231. The van der Waals surface area contributed by atoms with Crippen molar-refractivity contribution in [1.29, 1.82) is 0 Å². The van der Waals surface area contributed by atoms with Crippen LogP contribution in [0.5, 0.6) is 0 Å². The molecule has 2 heterocycles. The smallest absolute Gasteiger partial charge is 0.343 e. The van der Waals surface area contributed by atoms with Crippen LogP contribution in [0.1, 0.15) is 22.8 Å². The number of aromatic nitrogens is 1. The van der Waals surface area contributed by atoms with Gasteiger partial charge in [-0.25, -0.2) is 4.79 Å². The van der Waals surface area contributed by atoms with E-state index in [-0.39, 0.29) is 17.7 Å². The Morgan fingerprint density at radius 1 is 1.35 bits per heavy atom. The maximum Gasteiger partial charge on any atom is 0.343 e. The average Bonchev–Trinajstić information content (AvgIpc) is 2.29. The molecule has 0 aromatic carbocycles. The second-order valence-electron chi connectivity index (χ2n) is 3.77. The van der Waals surface area contributed by atoms with Crippen molar-refractivity contribution in [2.75, 3.05) is 6.61 Å². The number of carbonyl (C=O) groups excluding carboxylic acids is 1. The molecule has 0 saturated heterocycles. The Morgan fingerprint density at radius 3 is 2.82 bits per heavy atom. The zero-order chi connectivity index (χ0) is 12.4. The van der Waals surface area contributed by atoms with Gasteiger partial charge in [-0.15, -0.1) is 0 Å². The summed E-state index contributed by atoms with van der Waals surface area (Å²) in [6.45, 7) is 3.92. The molecule has 0 fully saturated rings. The van der Waals surface area contributed by atoms with E-state index < -0.39 is 5.97 Å². The van der Waals surface area contributed by atoms with E-state index in [0.717, 1.165) is 11.1 Å². The van der Waals surface area contributed by atoms with Gasteiger partial charge < -0.3 is 4.74 Å². The lowest BCUT2D eigenvalue weighted by Crippen LogP contribution is -2.23. The van der Waals surface area contributed by atoms with E-state index >= 15 is 0 Å². The predicted molar refractivity (Wildman–Crippen MR) is 64.4 cm³/mol. The van der Waals surface area contributed by atoms with Crippen molar-refractivity contribution in [3.63, 3.8) is 0 Å². The minimum Gasteiger partial charge on any atom is -0.462 e. The summed E-state index contributed by atoms with van der Waals surface area (Å²) in [5.74, 6) is -0.576. The summed E-state index contributed by atoms with van der Waals surface area (Å²) in [5, 5.41) is 0. The average molecular weight is 231 g/mol. The van der Waals surface area contributed by atoms with E-state index in [9.17, 15) is 9.59 Å². The van der Waals surface area contributed by atoms with Crippen LogP contribution < -0.4 is 5.56 Å². The Kier molecular flexibility index (Phi) is 2.95. The molecule has 0 spiro atoms. The van der Waals surface area contributed by atoms with Gasteiger partial charge in [-0.3, -0.25) is 9.20 Å². The Bertz CT molecular complexity index is 628. The summed E-state index contributed by atoms with van der Waals surface area (Å²) in [7, 11) is 0. The van der Waals surface area contributed by atoms with Crippen molar-refractivity contribution in [2.45, 2.75) is 13.8 Å². The Balaban J connectivity index is 2.62. The van der Waals surface area contributed by atoms with Crippen LogP contribution in [0.4, 0.5) is 0 Å². The van der Waals surface area contributed by atoms with Gasteiger partial charge in [-0.1, -0.05) is 0 Å². The van der Waals surface area contributed by atoms with Gasteiger partial charge in [0.15, 0.2) is 0 Å². The third-order valence-electron chi connectivity index (χ3n) is 2.51. The van der Waals surface area contributed by atoms with Gasteiger partial charge in [-0.05, 0) is 43.7 Å². The number of rotatable bonds is 2. The van der Waals surface area contributed by atoms with Crippen LogP contribution in [0.25, 0.3) is 5.52 Å². The number of nitrogens with zero attached hydrogens (tertiary/aromatic N) is 1. The molecule has 0 N–H and O–H groups in total. The molecule has 0 radical (unpaired) electrons. The van der Waals surface area contributed by atoms with E-state index in [0.29, 0.717) is 0 Å². The standard InChI is InChI=1S/C13H13NO3/c1-3-17-13(16)11-5-4-10-8-9(2)6-7-14(10)12(11)15/h4-8H,3H2,1-2H3. The van der Waals surface area contributed by atoms with Crippen molar-refractivity contribution in [3.8, 4) is 0 Å². The fourth-order valence-corrected chi connectivity index (χ4v) is 1.68. The monoisotopic (exact) mass is 231 g/mol. The summed E-state index contributed by atoms with van der Waals surface area (Å²) in [4.78, 5) is 23.6. The van der Waals surface area contributed by atoms with Crippen LogP contribution in [-0.2, 0) is 4.74 Å². The van der Waals surface area contributed by atoms with Gasteiger partial charge in [0.05, 0.1) is 6.61 Å². The minimum absolute atomic E-state index is 0.0632. The highest BCUT2D eigenvalue weighted by Gasteiger charge is 2.12. The lowest BCUT2D eigenvalue weighted by atomic mass is 10.2. The summed E-state index contributed by atoms with van der Waals surface area (Å²) >= 11 is 0. The zero-order valence-corrected chi connectivity index (χ0v) is 9.77. The van der Waals surface area contributed by atoms with E-state index in [1.54, 1.807) is 19.2 Å². The van der Waals surface area contributed by atoms with Crippen molar-refractivity contribution in [2.24, 2.45) is 0 Å². The molecule has 2 aromatic rings. The van der Waals surface area contributed by atoms with Crippen molar-refractivity contribution in [1.82, 2.24) is 4.40 Å². The summed E-state index contributed by atoms with van der Waals surface area (Å²) in [5.41, 5.74) is 1.55. The predicted octanol–water partition coefficient (Wildman–Crippen LogP) is 1.78. The number of pyridine rings is 2. The number of carbonyl (C=O) groups is 1. The van der Waals surface area contributed by atoms with E-state index in [4.69, 9.17) is 4.74 Å². The second kappa shape index (κ2) is 4.41. The summed E-state index contributed by atoms with van der Waals surface area (Å²) in [6, 6.07) is 6.95. The first-order valence-electron chi connectivity index (χ1n) is 5.42. The maximum absolute atomic E-state index is 12.0. The van der Waals surface area contributed by atoms with Crippen molar-refractivity contribution < 1.29 is 9.53 Å². The quantitative estimate of drug-likeness (QED) is 0.740. The van der Waals surface area contributed by atoms with Crippen LogP contribution >= 0.6 is 0 Å². The summed E-state index contributed by atoms with van der Waals surface area (Å²) < 4.78 is 6.27. The molecular formula is C13H13NO3. The van der Waals surface area contributed by atoms with Gasteiger partial charge in [-0.2, -0.15) is 0 Å². The molecule has 17 heavy (non-hydrogen) atoms. The Morgan fingerprint density at radius 2 is 2.12 bits per heavy atom. The first-order valence-corrected chi connectivity index (χ1v) is 5.42. The lowest BCUT2D eigenvalue weighted by molar-refractivity contribution is 0.0524. The first kappa shape index (κ1) is 11.4. The highest BCUT2D eigenvalue weighted by molar-refractivity contribution is 5.89. The van der Waals surface area contributed by atoms with Gasteiger partial charge >= 0.3 is 5.97 Å². The third-order valence-corrected chi connectivity index (χ3v) is 2.51. The van der Waals surface area contributed by atoms with Gasteiger partial charge in [0, 0.05) is 11.7 Å². The second-order valence-corrected chi connectivity index (χ2v) is 3.77. The lowest BCUT2D eigenvalue weighted by Gasteiger charge is -2.05. The highest BCUT2D eigenvalue weighted by atomic mass is 16.5. The van der Waals surface area contributed by atoms with Crippen molar-refractivity contribution >= 4 is 11.5 Å². The highest BCUT2D eigenvalue weighted by Crippen LogP contribution is 2.06. The molecule has 0 aliphatic carbocycles. The molecule has 88 valence electrons. The molecule has 0 saturated carbocycles. The number of ether oxygens (including phenoxy) is 1. The van der Waals surface area contributed by atoms with Crippen LogP contribution in [-0.4, -0.2) is 17.0 Å². The molecule has 4 heteroatoms. The SMILES string of the molecule is CCOC(=O)c1ccc2cc(C)ccn2c1=O. The van der Waals surface area contributed by atoms with Crippen LogP contribution in [0.3, 0.4) is 0 Å². The van der Waals surface area contributed by atoms with Crippen molar-refractivity contribution in [3.05, 3.63) is 51.9 Å². The number of hydrogen-bond donors (Lipinski definition) is 0. The van der Waals surface area contributed by atoms with Crippen LogP contribution in [0, 0.1) is 6.92 Å². The topological polar surface area (TPSA) is 47.8 Å². The number of aryl methyl sites for hydroxylation is 1. The molecule has 0 atom stereocenters. The molecule has 0 bridgehead atoms. The fourth-order valence-electron chi connectivity index (χ4n) is 1.68. The zero-order valence-electron chi connectivity index (χ0n) is 9.77. The number of hydrogen-bond acceptors (Lipinski definition) is 3. The Hall–Kier alpha value is -2.10. The summed E-state index contributed by atoms with van der Waals surface area (Å²) in [6.07, 6.45) is 1.66. The molecule has 2 rings (SSSR count). The van der Waals surface area contributed by atoms with E-state index in [1.807, 2.05) is 19.1 Å². The van der Waals surface area contributed by atoms with Gasteiger partial charge in [0.25, 0.3) is 5.56 Å². The first-order chi connectivity index (χ1) is 8.13. The largest absolute Gasteiger partial charge is 0.462 e. The van der Waals surface area contributed by atoms with E-state index in [1.165, 1.54) is 10.5 Å². The maximum atomic E-state index is 12.0. The molecule has 0 unspecified atom stereocenters. The van der Waals surface area contributed by atoms with Crippen LogP contribution in [0.2, 0.25) is 0 Å². The number of fused-ring (bicyclic) bond motifs is 1. The molecule has 0 aliphatic rings. The molecule has 0 aliphatic heterocycles. The van der Waals surface area contributed by atoms with Crippen LogP contribution in [0.15, 0.2) is 35.3 Å². The van der Waals surface area contributed by atoms with Gasteiger partial charge in [0.2, 0.25) is 0 Å². The van der Waals surface area contributed by atoms with E-state index in [2.05, 4.69) is 0 Å². The third kappa shape index (κ3) is 2.06. The molecular weight excluding hydrogens is 218 g/mol. The minimum atomic E-state index is -0.576. The molecule has 2 aromatic heterocycles. The van der Waals surface area contributed by atoms with Gasteiger partial charge in [0.1, 0.15) is 5.56 Å². The Labute approximate surface area is 98.5 Å². The molecule has 4 nitrogen and oxygen atoms in total. The molecule has 0 amide bonds. The number of esters is 1.